The molecule has 7 nitrogen and oxygen atoms in total. The zero-order chi connectivity index (χ0) is 21.1. The Morgan fingerprint density at radius 3 is 2.24 bits per heavy atom. The number of nitriles is 1. The van der Waals surface area contributed by atoms with Crippen LogP contribution in [0.5, 0.6) is 0 Å². The maximum atomic E-state index is 14.7. The highest BCUT2D eigenvalue weighted by atomic mass is 19.2. The summed E-state index contributed by atoms with van der Waals surface area (Å²) in [6, 6.07) is 11.9. The smallest absolute Gasteiger partial charge is 0.357 e. The van der Waals surface area contributed by atoms with Crippen molar-refractivity contribution in [2.75, 3.05) is 14.2 Å². The first-order valence-electron chi connectivity index (χ1n) is 8.18. The molecule has 0 N–H and O–H groups in total. The summed E-state index contributed by atoms with van der Waals surface area (Å²) in [5.41, 5.74) is -1.60. The van der Waals surface area contributed by atoms with Gasteiger partial charge in [-0.15, -0.1) is 0 Å². The summed E-state index contributed by atoms with van der Waals surface area (Å²) in [5.74, 6) is -4.70. The van der Waals surface area contributed by atoms with Crippen molar-refractivity contribution in [3.63, 3.8) is 0 Å². The van der Waals surface area contributed by atoms with Crippen molar-refractivity contribution in [2.24, 2.45) is 0 Å². The molecule has 0 saturated carbocycles. The predicted octanol–water partition coefficient (Wildman–Crippen LogP) is 3.26. The van der Waals surface area contributed by atoms with Crippen molar-refractivity contribution >= 4 is 11.9 Å². The molecular formula is C20H13F2N3O4. The van der Waals surface area contributed by atoms with Crippen LogP contribution in [0.4, 0.5) is 8.78 Å². The number of esters is 2. The lowest BCUT2D eigenvalue weighted by atomic mass is 10.0. The van der Waals surface area contributed by atoms with E-state index >= 15 is 0 Å². The number of para-hydroxylation sites is 1. The first kappa shape index (κ1) is 19.7. The minimum Gasteiger partial charge on any atom is -0.465 e. The number of carbonyl (C=O) groups excluding carboxylic acids is 2. The molecule has 0 aliphatic rings. The van der Waals surface area contributed by atoms with E-state index in [2.05, 4.69) is 5.10 Å². The van der Waals surface area contributed by atoms with Crippen molar-refractivity contribution in [3.05, 3.63) is 70.9 Å². The van der Waals surface area contributed by atoms with Crippen LogP contribution in [0.1, 0.15) is 26.4 Å². The molecule has 1 aromatic heterocycles. The van der Waals surface area contributed by atoms with Gasteiger partial charge in [0.15, 0.2) is 17.3 Å². The molecule has 0 fully saturated rings. The van der Waals surface area contributed by atoms with E-state index < -0.39 is 40.3 Å². The molecule has 1 heterocycles. The molecular weight excluding hydrogens is 384 g/mol. The number of benzene rings is 2. The first-order chi connectivity index (χ1) is 13.9. The van der Waals surface area contributed by atoms with Crippen LogP contribution < -0.4 is 0 Å². The fraction of sp³-hybridized carbons (Fsp3) is 0.100. The molecule has 3 rings (SSSR count). The van der Waals surface area contributed by atoms with Crippen molar-refractivity contribution in [1.82, 2.24) is 9.78 Å². The summed E-state index contributed by atoms with van der Waals surface area (Å²) in [4.78, 5) is 24.9. The van der Waals surface area contributed by atoms with Gasteiger partial charge in [-0.05, 0) is 24.3 Å². The van der Waals surface area contributed by atoms with E-state index in [0.29, 0.717) is 5.69 Å². The average Bonchev–Trinajstić information content (AvgIpc) is 3.15. The van der Waals surface area contributed by atoms with Crippen LogP contribution in [0.25, 0.3) is 16.9 Å². The molecule has 0 saturated heterocycles. The van der Waals surface area contributed by atoms with Crippen LogP contribution in [0.15, 0.2) is 42.5 Å². The second-order valence-corrected chi connectivity index (χ2v) is 5.70. The Morgan fingerprint density at radius 1 is 1.00 bits per heavy atom. The zero-order valence-electron chi connectivity index (χ0n) is 15.3. The molecule has 0 aliphatic heterocycles. The Kier molecular flexibility index (Phi) is 5.36. The average molecular weight is 397 g/mol. The van der Waals surface area contributed by atoms with Gasteiger partial charge >= 0.3 is 11.9 Å². The van der Waals surface area contributed by atoms with Gasteiger partial charge in [-0.2, -0.15) is 10.4 Å². The van der Waals surface area contributed by atoms with Crippen molar-refractivity contribution in [2.45, 2.75) is 0 Å². The van der Waals surface area contributed by atoms with Crippen LogP contribution in [0.3, 0.4) is 0 Å². The Labute approximate surface area is 163 Å². The molecule has 0 radical (unpaired) electrons. The number of nitrogens with zero attached hydrogens (tertiary/aromatic N) is 3. The predicted molar refractivity (Wildman–Crippen MR) is 96.3 cm³/mol. The number of hydrogen-bond donors (Lipinski definition) is 0. The van der Waals surface area contributed by atoms with Gasteiger partial charge < -0.3 is 9.47 Å². The Balaban J connectivity index is 2.41. The largest absolute Gasteiger partial charge is 0.465 e. The van der Waals surface area contributed by atoms with Crippen LogP contribution >= 0.6 is 0 Å². The minimum atomic E-state index is -1.39. The van der Waals surface area contributed by atoms with Gasteiger partial charge in [0.1, 0.15) is 17.3 Å². The third kappa shape index (κ3) is 3.32. The van der Waals surface area contributed by atoms with Crippen LogP contribution in [0, 0.1) is 23.0 Å². The monoisotopic (exact) mass is 397 g/mol. The van der Waals surface area contributed by atoms with E-state index in [9.17, 15) is 18.4 Å². The van der Waals surface area contributed by atoms with Gasteiger partial charge in [0, 0.05) is 5.56 Å². The molecule has 0 atom stereocenters. The Bertz CT molecular complexity index is 1150. The summed E-state index contributed by atoms with van der Waals surface area (Å²) in [5, 5.41) is 13.0. The minimum absolute atomic E-state index is 0.315. The second kappa shape index (κ2) is 7.90. The van der Waals surface area contributed by atoms with Gasteiger partial charge in [-0.25, -0.2) is 23.1 Å². The number of hydrogen-bond acceptors (Lipinski definition) is 6. The summed E-state index contributed by atoms with van der Waals surface area (Å²) < 4.78 is 39.4. The van der Waals surface area contributed by atoms with Crippen LogP contribution in [-0.4, -0.2) is 35.9 Å². The van der Waals surface area contributed by atoms with E-state index in [1.807, 2.05) is 0 Å². The van der Waals surface area contributed by atoms with Crippen molar-refractivity contribution in [3.8, 4) is 23.0 Å². The number of methoxy groups -OCH3 is 2. The Morgan fingerprint density at radius 2 is 1.66 bits per heavy atom. The fourth-order valence-corrected chi connectivity index (χ4v) is 2.76. The summed E-state index contributed by atoms with van der Waals surface area (Å²) >= 11 is 0. The third-order valence-electron chi connectivity index (χ3n) is 4.11. The SMILES string of the molecule is COC(=O)c1c(-c2ccc(C#N)c(F)c2F)nn(-c2ccccc2)c1C(=O)OC. The van der Waals surface area contributed by atoms with Gasteiger partial charge in [-0.1, -0.05) is 18.2 Å². The number of ether oxygens (including phenoxy) is 2. The van der Waals surface area contributed by atoms with Gasteiger partial charge in [0.05, 0.1) is 25.5 Å². The molecule has 9 heteroatoms. The zero-order valence-corrected chi connectivity index (χ0v) is 15.3. The summed E-state index contributed by atoms with van der Waals surface area (Å²) in [7, 11) is 2.18. The molecule has 0 unspecified atom stereocenters. The number of rotatable bonds is 4. The lowest BCUT2D eigenvalue weighted by Gasteiger charge is -2.07. The van der Waals surface area contributed by atoms with E-state index in [0.717, 1.165) is 31.0 Å². The topological polar surface area (TPSA) is 94.2 Å². The molecule has 2 aromatic carbocycles. The highest BCUT2D eigenvalue weighted by Crippen LogP contribution is 2.32. The van der Waals surface area contributed by atoms with Crippen molar-refractivity contribution in [1.29, 1.82) is 5.26 Å². The third-order valence-corrected chi connectivity index (χ3v) is 4.11. The number of aromatic nitrogens is 2. The van der Waals surface area contributed by atoms with Gasteiger partial charge in [-0.3, -0.25) is 0 Å². The Hall–Kier alpha value is -4.06. The van der Waals surface area contributed by atoms with E-state index in [1.54, 1.807) is 30.3 Å². The number of halogens is 2. The lowest BCUT2D eigenvalue weighted by Crippen LogP contribution is -2.15. The van der Waals surface area contributed by atoms with Gasteiger partial charge in [0.25, 0.3) is 0 Å². The normalized spacial score (nSPS) is 10.3. The van der Waals surface area contributed by atoms with E-state index in [-0.39, 0.29) is 11.4 Å². The highest BCUT2D eigenvalue weighted by molar-refractivity contribution is 6.06. The van der Waals surface area contributed by atoms with Crippen LogP contribution in [0.2, 0.25) is 0 Å². The summed E-state index contributed by atoms with van der Waals surface area (Å²) in [6.07, 6.45) is 0. The quantitative estimate of drug-likeness (QED) is 0.627. The maximum absolute atomic E-state index is 14.7. The lowest BCUT2D eigenvalue weighted by molar-refractivity contribution is 0.0549. The summed E-state index contributed by atoms with van der Waals surface area (Å²) in [6.45, 7) is 0. The van der Waals surface area contributed by atoms with Gasteiger partial charge in [0.2, 0.25) is 0 Å². The highest BCUT2D eigenvalue weighted by Gasteiger charge is 2.33. The number of carbonyl (C=O) groups is 2. The fourth-order valence-electron chi connectivity index (χ4n) is 2.76. The maximum Gasteiger partial charge on any atom is 0.357 e. The molecule has 3 aromatic rings. The molecule has 146 valence electrons. The molecule has 0 amide bonds. The molecule has 0 spiro atoms. The molecule has 29 heavy (non-hydrogen) atoms. The van der Waals surface area contributed by atoms with Crippen molar-refractivity contribution < 1.29 is 27.8 Å². The second-order valence-electron chi connectivity index (χ2n) is 5.70. The van der Waals surface area contributed by atoms with Crippen LogP contribution in [-0.2, 0) is 9.47 Å². The molecule has 0 aliphatic carbocycles. The standard InChI is InChI=1S/C20H13F2N3O4/c1-28-19(26)14-17(13-9-8-11(10-23)15(21)16(13)22)24-25(18(14)20(27)29-2)12-6-4-3-5-7-12/h3-9H,1-2H3. The van der Waals surface area contributed by atoms with E-state index in [4.69, 9.17) is 14.7 Å². The molecule has 0 bridgehead atoms. The van der Waals surface area contributed by atoms with E-state index in [1.165, 1.54) is 6.07 Å². The first-order valence-corrected chi connectivity index (χ1v) is 8.18.